The van der Waals surface area contributed by atoms with E-state index in [0.717, 1.165) is 15.7 Å². The zero-order valence-corrected chi connectivity index (χ0v) is 18.0. The summed E-state index contributed by atoms with van der Waals surface area (Å²) in [6.45, 7) is 5.51. The van der Waals surface area contributed by atoms with E-state index < -0.39 is 0 Å². The minimum Gasteiger partial charge on any atom is -0.485 e. The predicted octanol–water partition coefficient (Wildman–Crippen LogP) is 3.81. The molecule has 4 aromatic rings. The minimum atomic E-state index is -0.326. The molecule has 0 fully saturated rings. The Morgan fingerprint density at radius 2 is 1.84 bits per heavy atom. The molecule has 1 amide bonds. The number of carbonyl (C=O) groups is 1. The molecule has 8 nitrogen and oxygen atoms in total. The van der Waals surface area contributed by atoms with Crippen molar-refractivity contribution in [3.8, 4) is 11.5 Å². The molecule has 0 unspecified atom stereocenters. The lowest BCUT2D eigenvalue weighted by molar-refractivity contribution is -0.118. The average Bonchev–Trinajstić information content (AvgIpc) is 3.14. The first-order valence-corrected chi connectivity index (χ1v) is 10.1. The summed E-state index contributed by atoms with van der Waals surface area (Å²) in [7, 11) is 0. The van der Waals surface area contributed by atoms with Gasteiger partial charge in [-0.15, -0.1) is 4.57 Å². The Morgan fingerprint density at radius 3 is 2.66 bits per heavy atom. The van der Waals surface area contributed by atoms with Crippen molar-refractivity contribution in [1.82, 2.24) is 9.56 Å². The van der Waals surface area contributed by atoms with Crippen LogP contribution in [0.5, 0.6) is 11.5 Å². The SMILES string of the molecule is Cc1ccc(NC(=O)COc2ccccc2C)c(OCc2cc(=O)n3oc(C)cc3n2)c1. The third kappa shape index (κ3) is 4.80. The summed E-state index contributed by atoms with van der Waals surface area (Å²) >= 11 is 0. The van der Waals surface area contributed by atoms with Crippen LogP contribution in [0.3, 0.4) is 0 Å². The number of ether oxygens (including phenoxy) is 2. The summed E-state index contributed by atoms with van der Waals surface area (Å²) in [5, 5.41) is 2.82. The largest absolute Gasteiger partial charge is 0.485 e. The fourth-order valence-electron chi connectivity index (χ4n) is 3.20. The van der Waals surface area contributed by atoms with Crippen LogP contribution >= 0.6 is 0 Å². The Balaban J connectivity index is 1.45. The van der Waals surface area contributed by atoms with Crippen molar-refractivity contribution in [1.29, 1.82) is 0 Å². The summed E-state index contributed by atoms with van der Waals surface area (Å²) in [6, 6.07) is 16.0. The minimum absolute atomic E-state index is 0.0575. The molecular weight excluding hydrogens is 410 g/mol. The molecule has 2 heterocycles. The second-order valence-electron chi connectivity index (χ2n) is 7.48. The Kier molecular flexibility index (Phi) is 5.93. The number of aryl methyl sites for hydroxylation is 3. The molecule has 32 heavy (non-hydrogen) atoms. The number of para-hydroxylation sites is 1. The van der Waals surface area contributed by atoms with Crippen molar-refractivity contribution < 1.29 is 18.8 Å². The maximum atomic E-state index is 12.4. The number of benzene rings is 2. The van der Waals surface area contributed by atoms with Gasteiger partial charge in [0.2, 0.25) is 0 Å². The molecule has 2 aromatic carbocycles. The lowest BCUT2D eigenvalue weighted by Crippen LogP contribution is -2.21. The summed E-state index contributed by atoms with van der Waals surface area (Å²) in [5.41, 5.74) is 2.96. The summed E-state index contributed by atoms with van der Waals surface area (Å²) < 4.78 is 17.9. The van der Waals surface area contributed by atoms with E-state index in [1.165, 1.54) is 6.07 Å². The lowest BCUT2D eigenvalue weighted by Gasteiger charge is -2.14. The Hall–Kier alpha value is -4.07. The van der Waals surface area contributed by atoms with Crippen LogP contribution in [0.25, 0.3) is 5.65 Å². The molecule has 2 aromatic heterocycles. The number of anilines is 1. The van der Waals surface area contributed by atoms with Gasteiger partial charge in [-0.1, -0.05) is 24.3 Å². The van der Waals surface area contributed by atoms with Crippen molar-refractivity contribution in [3.05, 3.63) is 87.5 Å². The standard InChI is InChI=1S/C24H23N3O5/c1-15-8-9-19(26-23(28)14-31-20-7-5-4-6-16(20)2)21(10-15)30-13-18-12-24(29)27-22(25-18)11-17(3)32-27/h4-12H,13-14H2,1-3H3,(H,26,28). The molecule has 8 heteroatoms. The first-order chi connectivity index (χ1) is 15.4. The van der Waals surface area contributed by atoms with Gasteiger partial charge >= 0.3 is 0 Å². The Morgan fingerprint density at radius 1 is 1.03 bits per heavy atom. The van der Waals surface area contributed by atoms with Gasteiger partial charge in [-0.25, -0.2) is 4.98 Å². The third-order valence-electron chi connectivity index (χ3n) is 4.76. The molecule has 0 saturated carbocycles. The smallest absolute Gasteiger partial charge is 0.287 e. The topological polar surface area (TPSA) is 95.1 Å². The normalized spacial score (nSPS) is 10.8. The number of nitrogens with one attached hydrogen (secondary N) is 1. The summed E-state index contributed by atoms with van der Waals surface area (Å²) in [5.74, 6) is 1.41. The molecule has 0 aliphatic heterocycles. The molecular formula is C24H23N3O5. The number of nitrogens with zero attached hydrogens (tertiary/aromatic N) is 2. The van der Waals surface area contributed by atoms with Gasteiger partial charge in [0.05, 0.1) is 11.4 Å². The number of carbonyl (C=O) groups excluding carboxylic acids is 1. The average molecular weight is 433 g/mol. The van der Waals surface area contributed by atoms with Gasteiger partial charge in [0.1, 0.15) is 23.9 Å². The third-order valence-corrected chi connectivity index (χ3v) is 4.76. The van der Waals surface area contributed by atoms with E-state index in [4.69, 9.17) is 14.0 Å². The van der Waals surface area contributed by atoms with E-state index in [1.807, 2.05) is 50.2 Å². The highest BCUT2D eigenvalue weighted by molar-refractivity contribution is 5.93. The zero-order chi connectivity index (χ0) is 22.7. The van der Waals surface area contributed by atoms with Crippen molar-refractivity contribution in [2.75, 3.05) is 11.9 Å². The van der Waals surface area contributed by atoms with E-state index in [0.29, 0.717) is 34.3 Å². The van der Waals surface area contributed by atoms with E-state index in [1.54, 1.807) is 19.1 Å². The highest BCUT2D eigenvalue weighted by Crippen LogP contribution is 2.27. The first kappa shape index (κ1) is 21.2. The number of hydrogen-bond donors (Lipinski definition) is 1. The number of amides is 1. The number of rotatable bonds is 7. The quantitative estimate of drug-likeness (QED) is 0.476. The number of aromatic nitrogens is 2. The summed E-state index contributed by atoms with van der Waals surface area (Å²) in [4.78, 5) is 29.0. The maximum Gasteiger partial charge on any atom is 0.287 e. The molecule has 0 radical (unpaired) electrons. The second-order valence-corrected chi connectivity index (χ2v) is 7.48. The van der Waals surface area contributed by atoms with Crippen LogP contribution in [0.1, 0.15) is 22.6 Å². The second kappa shape index (κ2) is 8.97. The van der Waals surface area contributed by atoms with Gasteiger partial charge < -0.3 is 19.3 Å². The molecule has 0 atom stereocenters. The molecule has 0 saturated heterocycles. The first-order valence-electron chi connectivity index (χ1n) is 10.1. The fourth-order valence-corrected chi connectivity index (χ4v) is 3.20. The van der Waals surface area contributed by atoms with Crippen LogP contribution in [-0.4, -0.2) is 22.1 Å². The molecule has 4 rings (SSSR count). The van der Waals surface area contributed by atoms with Crippen LogP contribution in [0.2, 0.25) is 0 Å². The van der Waals surface area contributed by atoms with Crippen LogP contribution in [-0.2, 0) is 11.4 Å². The van der Waals surface area contributed by atoms with Gasteiger partial charge in [0, 0.05) is 12.1 Å². The maximum absolute atomic E-state index is 12.4. The van der Waals surface area contributed by atoms with Crippen LogP contribution in [0.4, 0.5) is 5.69 Å². The molecule has 1 N–H and O–H groups in total. The van der Waals surface area contributed by atoms with Gasteiger partial charge in [-0.05, 0) is 50.1 Å². The molecule has 0 spiro atoms. The van der Waals surface area contributed by atoms with Gasteiger partial charge in [-0.3, -0.25) is 9.59 Å². The van der Waals surface area contributed by atoms with Crippen LogP contribution in [0, 0.1) is 20.8 Å². The van der Waals surface area contributed by atoms with E-state index in [2.05, 4.69) is 10.3 Å². The molecule has 0 aliphatic carbocycles. The Bertz CT molecular complexity index is 1340. The van der Waals surface area contributed by atoms with Gasteiger partial charge in [-0.2, -0.15) is 0 Å². The van der Waals surface area contributed by atoms with E-state index in [9.17, 15) is 9.59 Å². The predicted molar refractivity (Wildman–Crippen MR) is 119 cm³/mol. The lowest BCUT2D eigenvalue weighted by atomic mass is 10.2. The number of hydrogen-bond acceptors (Lipinski definition) is 6. The van der Waals surface area contributed by atoms with Crippen molar-refractivity contribution >= 4 is 17.2 Å². The monoisotopic (exact) mass is 433 g/mol. The molecule has 0 aliphatic rings. The van der Waals surface area contributed by atoms with Crippen molar-refractivity contribution in [3.63, 3.8) is 0 Å². The number of fused-ring (bicyclic) bond motifs is 1. The van der Waals surface area contributed by atoms with Crippen LogP contribution < -0.4 is 20.3 Å². The van der Waals surface area contributed by atoms with E-state index in [-0.39, 0.29) is 24.7 Å². The van der Waals surface area contributed by atoms with Crippen LogP contribution in [0.15, 0.2) is 63.9 Å². The fraction of sp³-hybridized carbons (Fsp3) is 0.208. The Labute approximate surface area is 184 Å². The highest BCUT2D eigenvalue weighted by atomic mass is 16.5. The van der Waals surface area contributed by atoms with Crippen molar-refractivity contribution in [2.45, 2.75) is 27.4 Å². The summed E-state index contributed by atoms with van der Waals surface area (Å²) in [6.07, 6.45) is 0. The van der Waals surface area contributed by atoms with E-state index >= 15 is 0 Å². The van der Waals surface area contributed by atoms with Crippen molar-refractivity contribution in [2.24, 2.45) is 0 Å². The highest BCUT2D eigenvalue weighted by Gasteiger charge is 2.12. The zero-order valence-electron chi connectivity index (χ0n) is 18.0. The molecule has 164 valence electrons. The van der Waals surface area contributed by atoms with Gasteiger partial charge in [0.15, 0.2) is 12.3 Å². The van der Waals surface area contributed by atoms with Gasteiger partial charge in [0.25, 0.3) is 11.5 Å². The molecule has 0 bridgehead atoms.